The molecular weight excluding hydrogens is 486 g/mol. The van der Waals surface area contributed by atoms with Gasteiger partial charge < -0.3 is 0 Å². The molecule has 1 aromatic heterocycles. The van der Waals surface area contributed by atoms with E-state index in [9.17, 15) is 34.8 Å². The zero-order valence-electron chi connectivity index (χ0n) is 18.0. The standard InChI is InChI=1S/C21H22F6N4O2S/c1-30-18(21(25,26)27)9-17(28-30)13-3-2-12-7-15-4-5-16(8-14(12)6-13)19(15)10-31(11-20(22,23)24)34(32,33)29-19/h2-3,6,9,15-16,29H,4-5,7-8,10-11H2,1H3/t15-,16+,19-/m1/s1. The van der Waals surface area contributed by atoms with E-state index in [4.69, 9.17) is 0 Å². The lowest BCUT2D eigenvalue weighted by atomic mass is 9.79. The third kappa shape index (κ3) is 3.91. The number of rotatable bonds is 2. The van der Waals surface area contributed by atoms with Gasteiger partial charge in [0.25, 0.3) is 10.2 Å². The lowest BCUT2D eigenvalue weighted by molar-refractivity contribution is -0.143. The fourth-order valence-electron chi connectivity index (χ4n) is 5.88. The number of nitrogens with one attached hydrogen (secondary N) is 1. The highest BCUT2D eigenvalue weighted by molar-refractivity contribution is 7.87. The van der Waals surface area contributed by atoms with E-state index in [1.807, 2.05) is 0 Å². The van der Waals surface area contributed by atoms with E-state index in [1.54, 1.807) is 18.2 Å². The molecule has 6 nitrogen and oxygen atoms in total. The maximum absolute atomic E-state index is 13.2. The Morgan fingerprint density at radius 1 is 1.06 bits per heavy atom. The molecule has 3 atom stereocenters. The molecule has 1 aromatic carbocycles. The molecule has 0 amide bonds. The van der Waals surface area contributed by atoms with Gasteiger partial charge in [-0.05, 0) is 60.8 Å². The van der Waals surface area contributed by atoms with E-state index in [2.05, 4.69) is 9.82 Å². The molecule has 186 valence electrons. The van der Waals surface area contributed by atoms with Crippen molar-refractivity contribution in [2.24, 2.45) is 18.9 Å². The van der Waals surface area contributed by atoms with Crippen molar-refractivity contribution in [1.29, 1.82) is 0 Å². The summed E-state index contributed by atoms with van der Waals surface area (Å²) in [4.78, 5) is 0. The summed E-state index contributed by atoms with van der Waals surface area (Å²) in [6.45, 7) is -1.79. The minimum atomic E-state index is -4.65. The van der Waals surface area contributed by atoms with Gasteiger partial charge in [-0.25, -0.2) is 0 Å². The van der Waals surface area contributed by atoms with E-state index < -0.39 is 40.3 Å². The van der Waals surface area contributed by atoms with E-state index in [1.165, 1.54) is 7.05 Å². The van der Waals surface area contributed by atoms with Crippen LogP contribution < -0.4 is 4.72 Å². The summed E-state index contributed by atoms with van der Waals surface area (Å²) in [5.74, 6) is -0.402. The first-order valence-corrected chi connectivity index (χ1v) is 12.2. The topological polar surface area (TPSA) is 67.2 Å². The van der Waals surface area contributed by atoms with Crippen molar-refractivity contribution >= 4 is 10.2 Å². The second kappa shape index (κ2) is 7.44. The van der Waals surface area contributed by atoms with Crippen LogP contribution in [0.1, 0.15) is 29.7 Å². The fraction of sp³-hybridized carbons (Fsp3) is 0.571. The molecule has 1 N–H and O–H groups in total. The van der Waals surface area contributed by atoms with Crippen molar-refractivity contribution in [3.05, 3.63) is 41.1 Å². The molecule has 2 aromatic rings. The number of aryl methyl sites for hydroxylation is 1. The van der Waals surface area contributed by atoms with Gasteiger partial charge in [-0.15, -0.1) is 0 Å². The van der Waals surface area contributed by atoms with Crippen molar-refractivity contribution in [2.45, 2.75) is 43.6 Å². The summed E-state index contributed by atoms with van der Waals surface area (Å²) >= 11 is 0. The minimum Gasteiger partial charge on any atom is -0.263 e. The Hall–Kier alpha value is -2.12. The highest BCUT2D eigenvalue weighted by atomic mass is 32.2. The third-order valence-corrected chi connectivity index (χ3v) is 8.95. The van der Waals surface area contributed by atoms with Crippen LogP contribution in [0.4, 0.5) is 26.3 Å². The van der Waals surface area contributed by atoms with Gasteiger partial charge in [-0.1, -0.05) is 12.1 Å². The number of fused-ring (bicyclic) bond motifs is 1. The van der Waals surface area contributed by atoms with Crippen LogP contribution in [0.5, 0.6) is 0 Å². The second-order valence-electron chi connectivity index (χ2n) is 9.43. The molecule has 0 unspecified atom stereocenters. The Bertz CT molecular complexity index is 1240. The van der Waals surface area contributed by atoms with Crippen molar-refractivity contribution in [2.75, 3.05) is 13.1 Å². The van der Waals surface area contributed by atoms with Crippen LogP contribution >= 0.6 is 0 Å². The lowest BCUT2D eigenvalue weighted by Crippen LogP contribution is -2.52. The summed E-state index contributed by atoms with van der Waals surface area (Å²) in [7, 11) is -3.06. The molecule has 34 heavy (non-hydrogen) atoms. The number of nitrogens with zero attached hydrogens (tertiary/aromatic N) is 3. The molecule has 1 saturated heterocycles. The first-order valence-electron chi connectivity index (χ1n) is 10.8. The highest BCUT2D eigenvalue weighted by Crippen LogP contribution is 2.51. The van der Waals surface area contributed by atoms with Gasteiger partial charge in [0.15, 0.2) is 0 Å². The van der Waals surface area contributed by atoms with Gasteiger partial charge in [0, 0.05) is 19.2 Å². The Balaban J connectivity index is 1.47. The van der Waals surface area contributed by atoms with Crippen LogP contribution in [0.15, 0.2) is 24.3 Å². The van der Waals surface area contributed by atoms with Gasteiger partial charge in [-0.3, -0.25) is 4.68 Å². The molecule has 2 fully saturated rings. The predicted molar refractivity (Wildman–Crippen MR) is 110 cm³/mol. The van der Waals surface area contributed by atoms with Crippen LogP contribution in [0.3, 0.4) is 0 Å². The first-order chi connectivity index (χ1) is 15.7. The molecule has 13 heteroatoms. The minimum absolute atomic E-state index is 0.166. The SMILES string of the molecule is Cn1nc(-c2ccc3c(c2)C[C@@H]2CC[C@H](C3)[C@]23CN(CC(F)(F)F)S(=O)(=O)N3)cc1C(F)(F)F. The number of hydrogen-bond acceptors (Lipinski definition) is 3. The van der Waals surface area contributed by atoms with Crippen LogP contribution in [0.2, 0.25) is 0 Å². The molecule has 1 spiro atoms. The fourth-order valence-corrected chi connectivity index (χ4v) is 7.58. The number of benzene rings is 1. The Labute approximate surface area is 192 Å². The molecule has 0 radical (unpaired) electrons. The van der Waals surface area contributed by atoms with Gasteiger partial charge in [0.2, 0.25) is 0 Å². The highest BCUT2D eigenvalue weighted by Gasteiger charge is 2.60. The summed E-state index contributed by atoms with van der Waals surface area (Å²) in [6.07, 6.45) is -6.97. The quantitative estimate of drug-likeness (QED) is 0.630. The summed E-state index contributed by atoms with van der Waals surface area (Å²) < 4.78 is 108. The zero-order chi connectivity index (χ0) is 24.7. The van der Waals surface area contributed by atoms with Crippen molar-refractivity contribution in [3.8, 4) is 11.3 Å². The van der Waals surface area contributed by atoms with E-state index in [0.717, 1.165) is 21.9 Å². The molecule has 2 bridgehead atoms. The average Bonchev–Trinajstić information content (AvgIpc) is 3.26. The molecule has 3 aliphatic rings. The Morgan fingerprint density at radius 3 is 2.29 bits per heavy atom. The summed E-state index contributed by atoms with van der Waals surface area (Å²) in [5, 5.41) is 3.99. The van der Waals surface area contributed by atoms with Gasteiger partial charge >= 0.3 is 12.4 Å². The molecule has 2 heterocycles. The van der Waals surface area contributed by atoms with Crippen molar-refractivity contribution in [3.63, 3.8) is 0 Å². The lowest BCUT2D eigenvalue weighted by Gasteiger charge is -2.33. The monoisotopic (exact) mass is 508 g/mol. The molecule has 2 aliphatic carbocycles. The molecule has 5 rings (SSSR count). The average molecular weight is 508 g/mol. The summed E-state index contributed by atoms with van der Waals surface area (Å²) in [6, 6.07) is 6.23. The van der Waals surface area contributed by atoms with Crippen LogP contribution in [0.25, 0.3) is 11.3 Å². The van der Waals surface area contributed by atoms with Crippen molar-refractivity contribution < 1.29 is 34.8 Å². The first kappa shape index (κ1) is 23.6. The molecule has 1 saturated carbocycles. The number of hydrogen-bond donors (Lipinski definition) is 1. The van der Waals surface area contributed by atoms with Crippen LogP contribution in [-0.4, -0.2) is 47.3 Å². The van der Waals surface area contributed by atoms with Crippen LogP contribution in [0, 0.1) is 11.8 Å². The second-order valence-corrected chi connectivity index (χ2v) is 11.1. The number of aromatic nitrogens is 2. The Morgan fingerprint density at radius 2 is 1.71 bits per heavy atom. The predicted octanol–water partition coefficient (Wildman–Crippen LogP) is 3.68. The molecule has 1 aliphatic heterocycles. The van der Waals surface area contributed by atoms with E-state index in [-0.39, 0.29) is 24.1 Å². The van der Waals surface area contributed by atoms with Crippen LogP contribution in [-0.2, 0) is 36.3 Å². The van der Waals surface area contributed by atoms with Crippen molar-refractivity contribution in [1.82, 2.24) is 18.8 Å². The third-order valence-electron chi connectivity index (χ3n) is 7.38. The van der Waals surface area contributed by atoms with Gasteiger partial charge in [0.1, 0.15) is 12.2 Å². The maximum atomic E-state index is 13.2. The van der Waals surface area contributed by atoms with E-state index in [0.29, 0.717) is 35.6 Å². The normalized spacial score (nSPS) is 28.9. The number of alkyl halides is 6. The van der Waals surface area contributed by atoms with Gasteiger partial charge in [0.05, 0.1) is 11.2 Å². The zero-order valence-corrected chi connectivity index (χ0v) is 18.9. The largest absolute Gasteiger partial charge is 0.433 e. The number of halogens is 6. The van der Waals surface area contributed by atoms with Gasteiger partial charge in [-0.2, -0.15) is 48.9 Å². The van der Waals surface area contributed by atoms with E-state index >= 15 is 0 Å². The smallest absolute Gasteiger partial charge is 0.263 e. The summed E-state index contributed by atoms with van der Waals surface area (Å²) in [5.41, 5.74) is 0.577. The maximum Gasteiger partial charge on any atom is 0.433 e. The Kier molecular flexibility index (Phi) is 5.17. The molecular formula is C21H22F6N4O2S.